The van der Waals surface area contributed by atoms with E-state index in [9.17, 15) is 0 Å². The van der Waals surface area contributed by atoms with Gasteiger partial charge in [0.2, 0.25) is 0 Å². The largest absolute Gasteiger partial charge is 0.456 e. The van der Waals surface area contributed by atoms with Crippen LogP contribution in [0.15, 0.2) is 179 Å². The zero-order chi connectivity index (χ0) is 33.0. The fourth-order valence-electron chi connectivity index (χ4n) is 6.96. The molecular weight excluding hydrogens is 613 g/mol. The summed E-state index contributed by atoms with van der Waals surface area (Å²) in [5, 5.41) is 4.36. The van der Waals surface area contributed by atoms with Crippen LogP contribution in [0.3, 0.4) is 0 Å². The molecule has 0 fully saturated rings. The lowest BCUT2D eigenvalue weighted by atomic mass is 9.98. The van der Waals surface area contributed by atoms with E-state index in [1.807, 2.05) is 48.5 Å². The van der Waals surface area contributed by atoms with E-state index < -0.39 is 0 Å². The highest BCUT2D eigenvalue weighted by Crippen LogP contribution is 2.36. The first-order valence-corrected chi connectivity index (χ1v) is 16.7. The molecule has 0 amide bonds. The third kappa shape index (κ3) is 4.85. The molecule has 0 spiro atoms. The maximum atomic E-state index is 6.26. The summed E-state index contributed by atoms with van der Waals surface area (Å²) >= 11 is 0. The molecular formula is C46H28N2O2. The van der Waals surface area contributed by atoms with Gasteiger partial charge < -0.3 is 8.83 Å². The molecule has 0 aliphatic carbocycles. The summed E-state index contributed by atoms with van der Waals surface area (Å²) < 4.78 is 12.5. The van der Waals surface area contributed by atoms with Crippen molar-refractivity contribution >= 4 is 43.9 Å². The van der Waals surface area contributed by atoms with E-state index in [0.29, 0.717) is 5.82 Å². The Morgan fingerprint density at radius 1 is 0.280 bits per heavy atom. The highest BCUT2D eigenvalue weighted by molar-refractivity contribution is 6.07. The van der Waals surface area contributed by atoms with Crippen molar-refractivity contribution < 1.29 is 8.83 Å². The fourth-order valence-corrected chi connectivity index (χ4v) is 6.96. The second-order valence-corrected chi connectivity index (χ2v) is 12.6. The maximum absolute atomic E-state index is 6.26. The van der Waals surface area contributed by atoms with Crippen molar-refractivity contribution in [2.45, 2.75) is 0 Å². The summed E-state index contributed by atoms with van der Waals surface area (Å²) in [6, 6.07) is 58.7. The van der Waals surface area contributed by atoms with Crippen LogP contribution in [0.1, 0.15) is 0 Å². The number of rotatable bonds is 5. The molecule has 10 aromatic rings. The first-order valence-electron chi connectivity index (χ1n) is 16.7. The van der Waals surface area contributed by atoms with Gasteiger partial charge in [0.05, 0.1) is 11.4 Å². The lowest BCUT2D eigenvalue weighted by Gasteiger charge is -2.11. The predicted octanol–water partition coefficient (Wildman–Crippen LogP) is 12.6. The summed E-state index contributed by atoms with van der Waals surface area (Å²) in [5.41, 5.74) is 12.6. The Hall–Kier alpha value is -6.78. The first kappa shape index (κ1) is 28.3. The van der Waals surface area contributed by atoms with Crippen LogP contribution >= 0.6 is 0 Å². The van der Waals surface area contributed by atoms with Crippen LogP contribution in [0.25, 0.3) is 100 Å². The van der Waals surface area contributed by atoms with E-state index in [-0.39, 0.29) is 0 Å². The Labute approximate surface area is 287 Å². The highest BCUT2D eigenvalue weighted by atomic mass is 16.3. The van der Waals surface area contributed by atoms with Crippen molar-refractivity contribution in [1.29, 1.82) is 0 Å². The van der Waals surface area contributed by atoms with Gasteiger partial charge in [-0.2, -0.15) is 0 Å². The van der Waals surface area contributed by atoms with Crippen LogP contribution in [-0.4, -0.2) is 9.97 Å². The number of benzene rings is 7. The van der Waals surface area contributed by atoms with E-state index in [1.54, 1.807) is 0 Å². The molecule has 234 valence electrons. The van der Waals surface area contributed by atoms with Crippen molar-refractivity contribution in [3.05, 3.63) is 170 Å². The van der Waals surface area contributed by atoms with Gasteiger partial charge in [-0.15, -0.1) is 0 Å². The summed E-state index contributed by atoms with van der Waals surface area (Å²) in [7, 11) is 0. The number of furan rings is 2. The Balaban J connectivity index is 1.09. The Bertz CT molecular complexity index is 2730. The molecule has 4 heteroatoms. The zero-order valence-electron chi connectivity index (χ0n) is 26.9. The zero-order valence-corrected chi connectivity index (χ0v) is 26.9. The molecule has 3 heterocycles. The highest BCUT2D eigenvalue weighted by Gasteiger charge is 2.15. The summed E-state index contributed by atoms with van der Waals surface area (Å²) in [5.74, 6) is 0.629. The molecule has 0 radical (unpaired) electrons. The quantitative estimate of drug-likeness (QED) is 0.188. The topological polar surface area (TPSA) is 52.1 Å². The van der Waals surface area contributed by atoms with Gasteiger partial charge in [-0.25, -0.2) is 9.97 Å². The maximum Gasteiger partial charge on any atom is 0.160 e. The smallest absolute Gasteiger partial charge is 0.160 e. The van der Waals surface area contributed by atoms with Gasteiger partial charge in [0, 0.05) is 38.2 Å². The van der Waals surface area contributed by atoms with E-state index in [1.165, 1.54) is 16.7 Å². The number of aromatic nitrogens is 2. The van der Waals surface area contributed by atoms with E-state index in [2.05, 4.69) is 121 Å². The van der Waals surface area contributed by atoms with Crippen molar-refractivity contribution in [2.24, 2.45) is 0 Å². The monoisotopic (exact) mass is 640 g/mol. The Morgan fingerprint density at radius 2 is 0.740 bits per heavy atom. The van der Waals surface area contributed by atoms with Gasteiger partial charge in [-0.1, -0.05) is 121 Å². The predicted molar refractivity (Wildman–Crippen MR) is 204 cm³/mol. The molecule has 0 atom stereocenters. The standard InChI is InChI=1S/C46H28N2O2/c1-2-9-29(10-3-1)32-11-8-12-33(25-32)30-17-19-31(20-18-30)40-28-41(34-21-23-38-36-13-4-6-15-42(36)49-44(38)26-34)48-46(47-40)35-22-24-39-37-14-5-7-16-43(37)50-45(39)27-35/h1-28H. The minimum atomic E-state index is 0.629. The molecule has 0 saturated carbocycles. The van der Waals surface area contributed by atoms with E-state index in [4.69, 9.17) is 18.8 Å². The summed E-state index contributed by atoms with van der Waals surface area (Å²) in [6.07, 6.45) is 0. The Morgan fingerprint density at radius 3 is 1.40 bits per heavy atom. The lowest BCUT2D eigenvalue weighted by Crippen LogP contribution is -1.96. The summed E-state index contributed by atoms with van der Waals surface area (Å²) in [4.78, 5) is 10.3. The van der Waals surface area contributed by atoms with Crippen LogP contribution in [0.2, 0.25) is 0 Å². The number of nitrogens with zero attached hydrogens (tertiary/aromatic N) is 2. The molecule has 10 rings (SSSR count). The molecule has 0 aliphatic rings. The van der Waals surface area contributed by atoms with Crippen LogP contribution < -0.4 is 0 Å². The fraction of sp³-hybridized carbons (Fsp3) is 0. The molecule has 0 saturated heterocycles. The number of para-hydroxylation sites is 2. The average molecular weight is 641 g/mol. The van der Waals surface area contributed by atoms with Crippen LogP contribution in [0.5, 0.6) is 0 Å². The van der Waals surface area contributed by atoms with Crippen molar-refractivity contribution in [3.63, 3.8) is 0 Å². The molecule has 3 aromatic heterocycles. The van der Waals surface area contributed by atoms with Gasteiger partial charge in [0.15, 0.2) is 5.82 Å². The molecule has 50 heavy (non-hydrogen) atoms. The van der Waals surface area contributed by atoms with Gasteiger partial charge in [-0.3, -0.25) is 0 Å². The molecule has 0 N–H and O–H groups in total. The van der Waals surface area contributed by atoms with Crippen LogP contribution in [0.4, 0.5) is 0 Å². The minimum absolute atomic E-state index is 0.629. The van der Waals surface area contributed by atoms with Gasteiger partial charge >= 0.3 is 0 Å². The number of hydrogen-bond acceptors (Lipinski definition) is 4. The van der Waals surface area contributed by atoms with Gasteiger partial charge in [0.1, 0.15) is 22.3 Å². The third-order valence-corrected chi connectivity index (χ3v) is 9.52. The number of hydrogen-bond donors (Lipinski definition) is 0. The van der Waals surface area contributed by atoms with Gasteiger partial charge in [0.25, 0.3) is 0 Å². The molecule has 0 aliphatic heterocycles. The second kappa shape index (κ2) is 11.4. The SMILES string of the molecule is c1ccc(-c2cccc(-c3ccc(-c4cc(-c5ccc6c(c5)oc5ccccc56)nc(-c5ccc6c(c5)oc5ccccc56)n4)cc3)c2)cc1. The van der Waals surface area contributed by atoms with Crippen molar-refractivity contribution in [1.82, 2.24) is 9.97 Å². The average Bonchev–Trinajstić information content (AvgIpc) is 3.76. The van der Waals surface area contributed by atoms with Gasteiger partial charge in [-0.05, 0) is 70.8 Å². The Kier molecular flexibility index (Phi) is 6.46. The number of fused-ring (bicyclic) bond motifs is 6. The molecule has 4 nitrogen and oxygen atoms in total. The first-order chi connectivity index (χ1) is 24.7. The minimum Gasteiger partial charge on any atom is -0.456 e. The summed E-state index contributed by atoms with van der Waals surface area (Å²) in [6.45, 7) is 0. The van der Waals surface area contributed by atoms with E-state index in [0.717, 1.165) is 77.5 Å². The molecule has 7 aromatic carbocycles. The van der Waals surface area contributed by atoms with E-state index >= 15 is 0 Å². The molecule has 0 unspecified atom stereocenters. The van der Waals surface area contributed by atoms with Crippen molar-refractivity contribution in [3.8, 4) is 56.2 Å². The van der Waals surface area contributed by atoms with Crippen molar-refractivity contribution in [2.75, 3.05) is 0 Å². The lowest BCUT2D eigenvalue weighted by molar-refractivity contribution is 0.668. The molecule has 0 bridgehead atoms. The third-order valence-electron chi connectivity index (χ3n) is 9.52. The van der Waals surface area contributed by atoms with Crippen LogP contribution in [0, 0.1) is 0 Å². The van der Waals surface area contributed by atoms with Crippen LogP contribution in [-0.2, 0) is 0 Å². The normalized spacial score (nSPS) is 11.6. The second-order valence-electron chi connectivity index (χ2n) is 12.6.